The summed E-state index contributed by atoms with van der Waals surface area (Å²) >= 11 is -2.75. The topological polar surface area (TPSA) is 19.6 Å². The van der Waals surface area contributed by atoms with Crippen LogP contribution in [0.15, 0.2) is 267 Å². The molecule has 5 nitrogen and oxygen atoms in total. The van der Waals surface area contributed by atoms with Crippen LogP contribution in [0.1, 0.15) is 0 Å². The van der Waals surface area contributed by atoms with Crippen molar-refractivity contribution >= 4 is 123 Å². The first-order chi connectivity index (χ1) is 35.8. The molecule has 15 rings (SSSR count). The van der Waals surface area contributed by atoms with Gasteiger partial charge < -0.3 is 0 Å². The standard InChI is InChI=1S/C66H44N5.Ga/c1-5-21-48(22-6-1)67(49-23-7-2-8-24-49)56-45-57(68(50-25-9-3-10-26-50)51-27-11-4-12-28-51)47-58(46-56)69(52-37-41-54(42-38-52)70-63-33-17-13-29-59(63)60-30-14-18-34-64(60)70)53-39-43-55(44-40-53)71-65-35-19-15-31-61(65)62-32-16-20-36-66(62)71;/h1-23,25-27,29-44,46-47H;. The van der Waals surface area contributed by atoms with Crippen LogP contribution >= 0.6 is 0 Å². The SMILES string of the molecule is c1ccc(N2c3cccc[c]3[Ga]3[c]4ccccc4N(c4ccccc4)c4cc(N(c5ccc(-n6c7ccccc7c7ccccc76)cc5)c5ccc(-n6c7ccccc7c7ccccc76)cc5)cc2[c]43)cc1. The second-order valence-corrected chi connectivity index (χ2v) is 24.5. The van der Waals surface area contributed by atoms with E-state index in [-0.39, 0.29) is 0 Å². The number of para-hydroxylation sites is 8. The molecule has 0 atom stereocenters. The zero-order valence-corrected chi connectivity index (χ0v) is 41.6. The molecule has 336 valence electrons. The molecule has 2 aliphatic rings. The van der Waals surface area contributed by atoms with Gasteiger partial charge in [0.05, 0.1) is 0 Å². The maximum atomic E-state index is 2.53. The quantitative estimate of drug-likeness (QED) is 0.148. The molecular formula is C66H44GaN5. The number of hydrogen-bond acceptors (Lipinski definition) is 3. The van der Waals surface area contributed by atoms with E-state index in [0.29, 0.717) is 0 Å². The molecule has 0 fully saturated rings. The third-order valence-electron chi connectivity index (χ3n) is 15.0. The van der Waals surface area contributed by atoms with Gasteiger partial charge in [-0.15, -0.1) is 0 Å². The minimum absolute atomic E-state index is 1.07. The molecule has 2 aromatic heterocycles. The molecule has 4 heterocycles. The van der Waals surface area contributed by atoms with Crippen molar-refractivity contribution < 1.29 is 0 Å². The Morgan fingerprint density at radius 1 is 0.264 bits per heavy atom. The van der Waals surface area contributed by atoms with Crippen molar-refractivity contribution in [1.82, 2.24) is 9.13 Å². The average Bonchev–Trinajstić information content (AvgIpc) is 3.97. The molecule has 0 amide bonds. The summed E-state index contributed by atoms with van der Waals surface area (Å²) in [6, 6.07) is 98.7. The van der Waals surface area contributed by atoms with Gasteiger partial charge in [-0.2, -0.15) is 0 Å². The summed E-state index contributed by atoms with van der Waals surface area (Å²) in [5.74, 6) is 0. The van der Waals surface area contributed by atoms with Gasteiger partial charge in [-0.3, -0.25) is 0 Å². The molecule has 0 bridgehead atoms. The first kappa shape index (κ1) is 40.9. The summed E-state index contributed by atoms with van der Waals surface area (Å²) in [6.07, 6.45) is 0. The Hall–Kier alpha value is -8.94. The Morgan fingerprint density at radius 2 is 0.597 bits per heavy atom. The number of rotatable bonds is 7. The second-order valence-electron chi connectivity index (χ2n) is 18.9. The molecule has 72 heavy (non-hydrogen) atoms. The fourth-order valence-electron chi connectivity index (χ4n) is 12.1. The van der Waals surface area contributed by atoms with Crippen molar-refractivity contribution in [3.05, 3.63) is 267 Å². The molecular weight excluding hydrogens is 932 g/mol. The molecule has 0 N–H and O–H groups in total. The summed E-state index contributed by atoms with van der Waals surface area (Å²) in [4.78, 5) is 7.54. The van der Waals surface area contributed by atoms with E-state index < -0.39 is 16.2 Å². The Balaban J connectivity index is 0.985. The summed E-state index contributed by atoms with van der Waals surface area (Å²) in [6.45, 7) is 0. The zero-order valence-electron chi connectivity index (χ0n) is 39.2. The van der Waals surface area contributed by atoms with Crippen molar-refractivity contribution in [1.29, 1.82) is 0 Å². The Morgan fingerprint density at radius 3 is 0.986 bits per heavy atom. The molecule has 2 aliphatic heterocycles. The first-order valence-corrected chi connectivity index (χ1v) is 28.4. The average molecular weight is 977 g/mol. The van der Waals surface area contributed by atoms with Gasteiger partial charge in [0.15, 0.2) is 0 Å². The monoisotopic (exact) mass is 975 g/mol. The number of benzene rings is 11. The summed E-state index contributed by atoms with van der Waals surface area (Å²) < 4.78 is 9.24. The number of nitrogens with zero attached hydrogens (tertiary/aromatic N) is 5. The number of aromatic nitrogens is 2. The van der Waals surface area contributed by atoms with Gasteiger partial charge in [-0.1, -0.05) is 72.8 Å². The second kappa shape index (κ2) is 16.3. The molecule has 0 radical (unpaired) electrons. The van der Waals surface area contributed by atoms with Crippen LogP contribution in [0.2, 0.25) is 0 Å². The third kappa shape index (κ3) is 6.16. The summed E-state index contributed by atoms with van der Waals surface area (Å²) in [7, 11) is 0. The maximum absolute atomic E-state index is 2.75. The van der Waals surface area contributed by atoms with E-state index in [1.807, 2.05) is 0 Å². The number of fused-ring (bicyclic) bond motifs is 10. The van der Waals surface area contributed by atoms with E-state index in [9.17, 15) is 0 Å². The normalized spacial score (nSPS) is 12.6. The fraction of sp³-hybridized carbons (Fsp3) is 0. The van der Waals surface area contributed by atoms with Gasteiger partial charge in [0.1, 0.15) is 0 Å². The number of anilines is 9. The van der Waals surface area contributed by atoms with Crippen molar-refractivity contribution in [2.24, 2.45) is 0 Å². The van der Waals surface area contributed by atoms with Crippen molar-refractivity contribution in [2.75, 3.05) is 14.7 Å². The molecule has 0 aliphatic carbocycles. The Kier molecular flexibility index (Phi) is 9.27. The first-order valence-electron chi connectivity index (χ1n) is 24.8. The Bertz CT molecular complexity index is 3860. The van der Waals surface area contributed by atoms with Crippen LogP contribution in [0, 0.1) is 0 Å². The van der Waals surface area contributed by atoms with Crippen LogP contribution in [0.5, 0.6) is 0 Å². The van der Waals surface area contributed by atoms with Gasteiger partial charge in [0.25, 0.3) is 0 Å². The van der Waals surface area contributed by atoms with Crippen LogP contribution in [-0.2, 0) is 0 Å². The van der Waals surface area contributed by atoms with Crippen LogP contribution in [0.4, 0.5) is 51.2 Å². The van der Waals surface area contributed by atoms with Gasteiger partial charge in [0.2, 0.25) is 0 Å². The third-order valence-corrected chi connectivity index (χ3v) is 22.2. The number of hydrogen-bond donors (Lipinski definition) is 0. The molecule has 0 unspecified atom stereocenters. The molecule has 0 saturated carbocycles. The summed E-state index contributed by atoms with van der Waals surface area (Å²) in [5.41, 5.74) is 17.5. The van der Waals surface area contributed by atoms with Gasteiger partial charge in [0, 0.05) is 0 Å². The van der Waals surface area contributed by atoms with E-state index in [1.165, 1.54) is 78.7 Å². The molecule has 11 aromatic carbocycles. The van der Waals surface area contributed by atoms with Gasteiger partial charge in [-0.05, 0) is 0 Å². The molecule has 0 spiro atoms. The predicted octanol–water partition coefficient (Wildman–Crippen LogP) is 15.4. The van der Waals surface area contributed by atoms with E-state index in [4.69, 9.17) is 0 Å². The van der Waals surface area contributed by atoms with Crippen molar-refractivity contribution in [2.45, 2.75) is 0 Å². The summed E-state index contributed by atoms with van der Waals surface area (Å²) in [5, 5.41) is 5.01. The molecule has 13 aromatic rings. The van der Waals surface area contributed by atoms with Crippen LogP contribution in [-0.4, -0.2) is 25.4 Å². The Labute approximate surface area is 422 Å². The van der Waals surface area contributed by atoms with Crippen LogP contribution in [0.25, 0.3) is 55.0 Å². The zero-order chi connectivity index (χ0) is 47.3. The van der Waals surface area contributed by atoms with E-state index in [2.05, 4.69) is 291 Å². The van der Waals surface area contributed by atoms with Gasteiger partial charge in [-0.25, -0.2) is 0 Å². The molecule has 6 heteroatoms. The van der Waals surface area contributed by atoms with Crippen LogP contribution in [0.3, 0.4) is 0 Å². The van der Waals surface area contributed by atoms with Gasteiger partial charge >= 0.3 is 353 Å². The predicted molar refractivity (Wildman–Crippen MR) is 304 cm³/mol. The molecule has 0 saturated heterocycles. The van der Waals surface area contributed by atoms with Crippen LogP contribution < -0.4 is 27.1 Å². The van der Waals surface area contributed by atoms with E-state index in [0.717, 1.165) is 39.8 Å². The van der Waals surface area contributed by atoms with Crippen molar-refractivity contribution in [3.8, 4) is 11.4 Å². The van der Waals surface area contributed by atoms with E-state index in [1.54, 1.807) is 0 Å². The fourth-order valence-corrected chi connectivity index (χ4v) is 19.7. The minimum atomic E-state index is -2.75. The van der Waals surface area contributed by atoms with Crippen molar-refractivity contribution in [3.63, 3.8) is 0 Å². The van der Waals surface area contributed by atoms with E-state index >= 15 is 0 Å².